The van der Waals surface area contributed by atoms with Crippen LogP contribution >= 0.6 is 11.3 Å². The number of hydrogen-bond donors (Lipinski definition) is 2. The van der Waals surface area contributed by atoms with E-state index in [0.717, 1.165) is 29.7 Å². The molecule has 0 unspecified atom stereocenters. The summed E-state index contributed by atoms with van der Waals surface area (Å²) in [6, 6.07) is 2.24. The minimum atomic E-state index is -2.95. The number of thiophene rings is 1. The average molecular weight is 495 g/mol. The van der Waals surface area contributed by atoms with E-state index in [1.54, 1.807) is 17.8 Å². The summed E-state index contributed by atoms with van der Waals surface area (Å²) in [6.07, 6.45) is -0.332. The van der Waals surface area contributed by atoms with E-state index in [1.807, 2.05) is 6.92 Å². The van der Waals surface area contributed by atoms with Gasteiger partial charge in [0.2, 0.25) is 0 Å². The second-order valence-corrected chi connectivity index (χ2v) is 8.14. The molecule has 0 aliphatic heterocycles. The standard InChI is InChI=1S/C20H17F4N7O2S/c1-3-30-7-10(8(2)28-30)9-6-12(16(21)22)26-19-13(9)14(15(34-19)17(25)32)27-18(33)11-4-5-31(29-11)20(23)24/h4-7,16,20H,3H2,1-2H3,(H2,25,32)(H,27,33). The van der Waals surface area contributed by atoms with Crippen molar-refractivity contribution in [1.82, 2.24) is 24.5 Å². The third-order valence-corrected chi connectivity index (χ3v) is 6.07. The number of halogens is 4. The zero-order chi connectivity index (χ0) is 24.7. The van der Waals surface area contributed by atoms with Crippen molar-refractivity contribution in [3.05, 3.63) is 46.5 Å². The second-order valence-electron chi connectivity index (χ2n) is 7.14. The predicted molar refractivity (Wildman–Crippen MR) is 116 cm³/mol. The van der Waals surface area contributed by atoms with Crippen LogP contribution in [0.4, 0.5) is 23.2 Å². The molecule has 2 amide bonds. The van der Waals surface area contributed by atoms with Crippen LogP contribution in [0.1, 0.15) is 51.4 Å². The van der Waals surface area contributed by atoms with Crippen LogP contribution in [0.5, 0.6) is 0 Å². The number of nitrogens with two attached hydrogens (primary N) is 1. The number of aromatic nitrogens is 5. The summed E-state index contributed by atoms with van der Waals surface area (Å²) >= 11 is 0.732. The summed E-state index contributed by atoms with van der Waals surface area (Å²) in [5.74, 6) is -1.83. The molecule has 34 heavy (non-hydrogen) atoms. The number of carbonyl (C=O) groups excluding carboxylic acids is 2. The Balaban J connectivity index is 1.94. The predicted octanol–water partition coefficient (Wildman–Crippen LogP) is 4.37. The number of nitrogens with one attached hydrogen (secondary N) is 1. The van der Waals surface area contributed by atoms with Gasteiger partial charge in [-0.05, 0) is 31.5 Å². The number of carbonyl (C=O) groups is 2. The van der Waals surface area contributed by atoms with Gasteiger partial charge in [0.1, 0.15) is 15.4 Å². The highest BCUT2D eigenvalue weighted by Gasteiger charge is 2.27. The van der Waals surface area contributed by atoms with Crippen molar-refractivity contribution in [3.8, 4) is 11.1 Å². The summed E-state index contributed by atoms with van der Waals surface area (Å²) in [7, 11) is 0. The molecule has 0 aliphatic rings. The highest BCUT2D eigenvalue weighted by Crippen LogP contribution is 2.43. The Morgan fingerprint density at radius 2 is 1.94 bits per heavy atom. The smallest absolute Gasteiger partial charge is 0.333 e. The summed E-state index contributed by atoms with van der Waals surface area (Å²) in [6.45, 7) is 1.10. The van der Waals surface area contributed by atoms with Gasteiger partial charge in [0.25, 0.3) is 18.2 Å². The molecule has 0 radical (unpaired) electrons. The van der Waals surface area contributed by atoms with Gasteiger partial charge in [-0.2, -0.15) is 19.0 Å². The maximum Gasteiger partial charge on any atom is 0.333 e. The Morgan fingerprint density at radius 3 is 2.50 bits per heavy atom. The number of pyridine rings is 1. The number of aryl methyl sites for hydroxylation is 2. The number of fused-ring (bicyclic) bond motifs is 1. The molecule has 3 N–H and O–H groups in total. The Hall–Kier alpha value is -3.81. The van der Waals surface area contributed by atoms with Crippen LogP contribution in [0.3, 0.4) is 0 Å². The van der Waals surface area contributed by atoms with Gasteiger partial charge in [-0.1, -0.05) is 0 Å². The van der Waals surface area contributed by atoms with Crippen LogP contribution < -0.4 is 11.1 Å². The zero-order valence-corrected chi connectivity index (χ0v) is 18.5. The maximum absolute atomic E-state index is 13.6. The number of primary amides is 1. The first-order valence-corrected chi connectivity index (χ1v) is 10.7. The normalized spacial score (nSPS) is 11.6. The lowest BCUT2D eigenvalue weighted by Crippen LogP contribution is -2.17. The molecule has 14 heteroatoms. The van der Waals surface area contributed by atoms with Crippen molar-refractivity contribution in [2.45, 2.75) is 33.4 Å². The Morgan fingerprint density at radius 1 is 1.21 bits per heavy atom. The maximum atomic E-state index is 13.6. The Kier molecular flexibility index (Phi) is 6.08. The lowest BCUT2D eigenvalue weighted by Gasteiger charge is -2.10. The first-order valence-electron chi connectivity index (χ1n) is 9.85. The summed E-state index contributed by atoms with van der Waals surface area (Å²) in [4.78, 5) is 28.8. The molecular weight excluding hydrogens is 478 g/mol. The Bertz CT molecular complexity index is 1410. The van der Waals surface area contributed by atoms with Gasteiger partial charge >= 0.3 is 6.55 Å². The fraction of sp³-hybridized carbons (Fsp3) is 0.250. The van der Waals surface area contributed by atoms with Crippen molar-refractivity contribution in [2.24, 2.45) is 5.73 Å². The summed E-state index contributed by atoms with van der Waals surface area (Å²) in [5.41, 5.74) is 5.81. The molecule has 0 spiro atoms. The van der Waals surface area contributed by atoms with Crippen LogP contribution in [0.15, 0.2) is 24.5 Å². The topological polar surface area (TPSA) is 121 Å². The van der Waals surface area contributed by atoms with Crippen LogP contribution in [-0.2, 0) is 6.54 Å². The van der Waals surface area contributed by atoms with E-state index >= 15 is 0 Å². The van der Waals surface area contributed by atoms with Gasteiger partial charge in [-0.3, -0.25) is 14.3 Å². The SMILES string of the molecule is CCn1cc(-c2cc(C(F)F)nc3sc(C(N)=O)c(NC(=O)c4ccn(C(F)F)n4)c23)c(C)n1. The van der Waals surface area contributed by atoms with Crippen molar-refractivity contribution >= 4 is 39.1 Å². The quantitative estimate of drug-likeness (QED) is 0.369. The molecule has 0 atom stereocenters. The van der Waals surface area contributed by atoms with Crippen LogP contribution in [0.2, 0.25) is 0 Å². The average Bonchev–Trinajstić information content (AvgIpc) is 3.50. The molecule has 178 valence electrons. The molecule has 0 fully saturated rings. The van der Waals surface area contributed by atoms with E-state index in [1.165, 1.54) is 0 Å². The van der Waals surface area contributed by atoms with Gasteiger partial charge in [-0.15, -0.1) is 11.3 Å². The first-order chi connectivity index (χ1) is 16.1. The van der Waals surface area contributed by atoms with E-state index in [2.05, 4.69) is 20.5 Å². The number of hydrogen-bond acceptors (Lipinski definition) is 6. The molecule has 4 rings (SSSR count). The van der Waals surface area contributed by atoms with E-state index in [-0.39, 0.29) is 32.0 Å². The van der Waals surface area contributed by atoms with Gasteiger partial charge in [0.15, 0.2) is 5.69 Å². The number of anilines is 1. The van der Waals surface area contributed by atoms with Crippen LogP contribution in [0.25, 0.3) is 21.3 Å². The molecule has 0 saturated heterocycles. The molecule has 0 bridgehead atoms. The molecule has 0 aliphatic carbocycles. The van der Waals surface area contributed by atoms with Crippen molar-refractivity contribution in [2.75, 3.05) is 5.32 Å². The van der Waals surface area contributed by atoms with Gasteiger partial charge in [0.05, 0.1) is 11.4 Å². The first kappa shape index (κ1) is 23.4. The minimum Gasteiger partial charge on any atom is -0.365 e. The molecular formula is C20H17F4N7O2S. The minimum absolute atomic E-state index is 0.0404. The second kappa shape index (κ2) is 8.85. The van der Waals surface area contributed by atoms with Crippen molar-refractivity contribution in [1.29, 1.82) is 0 Å². The van der Waals surface area contributed by atoms with E-state index < -0.39 is 30.5 Å². The number of rotatable bonds is 7. The third-order valence-electron chi connectivity index (χ3n) is 4.97. The number of alkyl halides is 4. The molecule has 0 saturated carbocycles. The van der Waals surface area contributed by atoms with Gasteiger partial charge in [-0.25, -0.2) is 18.4 Å². The fourth-order valence-corrected chi connectivity index (χ4v) is 4.44. The lowest BCUT2D eigenvalue weighted by atomic mass is 10.0. The molecule has 4 aromatic rings. The Labute approximate surface area is 193 Å². The summed E-state index contributed by atoms with van der Waals surface area (Å²) < 4.78 is 54.8. The largest absolute Gasteiger partial charge is 0.365 e. The van der Waals surface area contributed by atoms with E-state index in [0.29, 0.717) is 22.5 Å². The number of nitrogens with zero attached hydrogens (tertiary/aromatic N) is 5. The number of amides is 2. The monoisotopic (exact) mass is 495 g/mol. The van der Waals surface area contributed by atoms with Gasteiger partial charge in [0, 0.05) is 29.9 Å². The fourth-order valence-electron chi connectivity index (χ4n) is 3.42. The zero-order valence-electron chi connectivity index (χ0n) is 17.7. The molecule has 9 nitrogen and oxygen atoms in total. The van der Waals surface area contributed by atoms with Crippen molar-refractivity contribution < 1.29 is 27.2 Å². The molecule has 0 aromatic carbocycles. The van der Waals surface area contributed by atoms with Crippen molar-refractivity contribution in [3.63, 3.8) is 0 Å². The van der Waals surface area contributed by atoms with E-state index in [9.17, 15) is 27.2 Å². The van der Waals surface area contributed by atoms with Crippen LogP contribution in [0, 0.1) is 6.92 Å². The van der Waals surface area contributed by atoms with Gasteiger partial charge < -0.3 is 11.1 Å². The lowest BCUT2D eigenvalue weighted by molar-refractivity contribution is 0.0561. The van der Waals surface area contributed by atoms with Crippen LogP contribution in [-0.4, -0.2) is 36.4 Å². The van der Waals surface area contributed by atoms with E-state index in [4.69, 9.17) is 5.73 Å². The molecule has 4 heterocycles. The third kappa shape index (κ3) is 4.11. The highest BCUT2D eigenvalue weighted by molar-refractivity contribution is 7.21. The highest BCUT2D eigenvalue weighted by atomic mass is 32.1. The summed E-state index contributed by atoms with van der Waals surface area (Å²) in [5, 5.41) is 10.5. The molecule has 4 aromatic heterocycles.